The van der Waals surface area contributed by atoms with Gasteiger partial charge in [-0.05, 0) is 32.0 Å². The summed E-state index contributed by atoms with van der Waals surface area (Å²) in [6.45, 7) is 4.16. The second kappa shape index (κ2) is 4.70. The first-order valence-electron chi connectivity index (χ1n) is 5.25. The van der Waals surface area contributed by atoms with E-state index in [1.807, 2.05) is 18.2 Å². The molecular weight excluding hydrogens is 200 g/mol. The molecule has 1 N–H and O–H groups in total. The van der Waals surface area contributed by atoms with E-state index in [2.05, 4.69) is 34.1 Å². The van der Waals surface area contributed by atoms with Crippen LogP contribution in [-0.2, 0) is 0 Å². The Bertz CT molecular complexity index is 454. The number of pyridine rings is 1. The first kappa shape index (κ1) is 10.5. The van der Waals surface area contributed by atoms with Crippen molar-refractivity contribution in [1.29, 1.82) is 0 Å². The highest BCUT2D eigenvalue weighted by Gasteiger charge is 2.02. The van der Waals surface area contributed by atoms with Crippen LogP contribution >= 0.6 is 0 Å². The minimum atomic E-state index is 0.361. The quantitative estimate of drug-likeness (QED) is 0.852. The van der Waals surface area contributed by atoms with E-state index in [0.29, 0.717) is 11.9 Å². The third kappa shape index (κ3) is 2.53. The summed E-state index contributed by atoms with van der Waals surface area (Å²) in [4.78, 5) is 12.6. The molecule has 2 heterocycles. The lowest BCUT2D eigenvalue weighted by atomic mass is 10.2. The van der Waals surface area contributed by atoms with E-state index >= 15 is 0 Å². The predicted molar refractivity (Wildman–Crippen MR) is 64.0 cm³/mol. The maximum absolute atomic E-state index is 4.43. The smallest absolute Gasteiger partial charge is 0.161 e. The summed E-state index contributed by atoms with van der Waals surface area (Å²) in [7, 11) is 0. The summed E-state index contributed by atoms with van der Waals surface area (Å²) in [6.07, 6.45) is 5.23. The van der Waals surface area contributed by atoms with E-state index in [-0.39, 0.29) is 0 Å². The molecule has 0 atom stereocenters. The highest BCUT2D eigenvalue weighted by Crippen LogP contribution is 2.14. The minimum Gasteiger partial charge on any atom is -0.368 e. The van der Waals surface area contributed by atoms with Crippen LogP contribution < -0.4 is 5.32 Å². The van der Waals surface area contributed by atoms with E-state index in [9.17, 15) is 0 Å². The Balaban J connectivity index is 2.29. The van der Waals surface area contributed by atoms with Crippen LogP contribution in [0.3, 0.4) is 0 Å². The summed E-state index contributed by atoms with van der Waals surface area (Å²) >= 11 is 0. The van der Waals surface area contributed by atoms with E-state index in [1.165, 1.54) is 0 Å². The van der Waals surface area contributed by atoms with Crippen LogP contribution in [0.4, 0.5) is 5.82 Å². The molecule has 0 radical (unpaired) electrons. The fraction of sp³-hybridized carbons (Fsp3) is 0.250. The average Bonchev–Trinajstić information content (AvgIpc) is 2.30. The van der Waals surface area contributed by atoms with Crippen molar-refractivity contribution >= 4 is 5.82 Å². The number of aromatic nitrogens is 3. The van der Waals surface area contributed by atoms with E-state index < -0.39 is 0 Å². The van der Waals surface area contributed by atoms with Gasteiger partial charge in [0.25, 0.3) is 0 Å². The lowest BCUT2D eigenvalue weighted by Crippen LogP contribution is -2.11. The van der Waals surface area contributed by atoms with Gasteiger partial charge in [0.05, 0.1) is 0 Å². The molecule has 2 rings (SSSR count). The van der Waals surface area contributed by atoms with Crippen molar-refractivity contribution in [3.05, 3.63) is 36.8 Å². The number of rotatable bonds is 3. The van der Waals surface area contributed by atoms with Gasteiger partial charge in [-0.1, -0.05) is 0 Å². The summed E-state index contributed by atoms with van der Waals surface area (Å²) in [5.74, 6) is 1.56. The molecule has 0 unspecified atom stereocenters. The molecule has 16 heavy (non-hydrogen) atoms. The molecule has 0 spiro atoms. The van der Waals surface area contributed by atoms with Gasteiger partial charge in [0, 0.05) is 30.2 Å². The van der Waals surface area contributed by atoms with Crippen molar-refractivity contribution in [3.63, 3.8) is 0 Å². The zero-order valence-electron chi connectivity index (χ0n) is 9.38. The van der Waals surface area contributed by atoms with Crippen LogP contribution in [0.5, 0.6) is 0 Å². The fourth-order valence-electron chi connectivity index (χ4n) is 1.37. The molecular formula is C12H14N4. The number of hydrogen-bond donors (Lipinski definition) is 1. The van der Waals surface area contributed by atoms with Gasteiger partial charge in [0.15, 0.2) is 5.82 Å². The highest BCUT2D eigenvalue weighted by atomic mass is 15.0. The molecule has 0 saturated carbocycles. The van der Waals surface area contributed by atoms with E-state index in [4.69, 9.17) is 0 Å². The zero-order chi connectivity index (χ0) is 11.4. The summed E-state index contributed by atoms with van der Waals surface area (Å²) in [5, 5.41) is 3.25. The van der Waals surface area contributed by atoms with Crippen LogP contribution in [0.15, 0.2) is 36.8 Å². The molecule has 0 bridgehead atoms. The molecule has 4 nitrogen and oxygen atoms in total. The molecule has 82 valence electrons. The topological polar surface area (TPSA) is 50.7 Å². The number of hydrogen-bond acceptors (Lipinski definition) is 4. The van der Waals surface area contributed by atoms with Crippen LogP contribution in [-0.4, -0.2) is 21.0 Å². The first-order valence-corrected chi connectivity index (χ1v) is 5.25. The van der Waals surface area contributed by atoms with Gasteiger partial charge >= 0.3 is 0 Å². The van der Waals surface area contributed by atoms with Gasteiger partial charge in [-0.2, -0.15) is 0 Å². The largest absolute Gasteiger partial charge is 0.368 e. The predicted octanol–water partition coefficient (Wildman–Crippen LogP) is 2.36. The SMILES string of the molecule is CC(C)Nc1ccnc(-c2ccncc2)n1. The third-order valence-corrected chi connectivity index (χ3v) is 2.03. The van der Waals surface area contributed by atoms with Crippen LogP contribution in [0.25, 0.3) is 11.4 Å². The van der Waals surface area contributed by atoms with Crippen molar-refractivity contribution in [2.24, 2.45) is 0 Å². The standard InChI is InChI=1S/C12H14N4/c1-9(2)15-11-5-8-14-12(16-11)10-3-6-13-7-4-10/h3-9H,1-2H3,(H,14,15,16). The Morgan fingerprint density at radius 1 is 1.06 bits per heavy atom. The Labute approximate surface area is 94.8 Å². The summed E-state index contributed by atoms with van der Waals surface area (Å²) in [6, 6.07) is 6.02. The van der Waals surface area contributed by atoms with Crippen molar-refractivity contribution < 1.29 is 0 Å². The second-order valence-corrected chi connectivity index (χ2v) is 3.80. The lowest BCUT2D eigenvalue weighted by molar-refractivity contribution is 0.887. The molecule has 0 aromatic carbocycles. The monoisotopic (exact) mass is 214 g/mol. The van der Waals surface area contributed by atoms with Gasteiger partial charge in [-0.15, -0.1) is 0 Å². The Morgan fingerprint density at radius 2 is 1.81 bits per heavy atom. The van der Waals surface area contributed by atoms with Crippen molar-refractivity contribution in [2.45, 2.75) is 19.9 Å². The molecule has 4 heteroatoms. The highest BCUT2D eigenvalue weighted by molar-refractivity contribution is 5.55. The Hall–Kier alpha value is -1.97. The average molecular weight is 214 g/mol. The van der Waals surface area contributed by atoms with Gasteiger partial charge in [-0.3, -0.25) is 4.98 Å². The van der Waals surface area contributed by atoms with Crippen LogP contribution in [0.2, 0.25) is 0 Å². The molecule has 0 aliphatic heterocycles. The van der Waals surface area contributed by atoms with Crippen molar-refractivity contribution in [1.82, 2.24) is 15.0 Å². The summed E-state index contributed by atoms with van der Waals surface area (Å²) < 4.78 is 0. The molecule has 0 aliphatic carbocycles. The van der Waals surface area contributed by atoms with Gasteiger partial charge in [0.2, 0.25) is 0 Å². The molecule has 0 amide bonds. The fourth-order valence-corrected chi connectivity index (χ4v) is 1.37. The minimum absolute atomic E-state index is 0.361. The van der Waals surface area contributed by atoms with E-state index in [0.717, 1.165) is 11.4 Å². The van der Waals surface area contributed by atoms with Crippen molar-refractivity contribution in [2.75, 3.05) is 5.32 Å². The van der Waals surface area contributed by atoms with Crippen molar-refractivity contribution in [3.8, 4) is 11.4 Å². The third-order valence-electron chi connectivity index (χ3n) is 2.03. The normalized spacial score (nSPS) is 10.4. The second-order valence-electron chi connectivity index (χ2n) is 3.80. The molecule has 0 aliphatic rings. The molecule has 0 fully saturated rings. The maximum atomic E-state index is 4.43. The Morgan fingerprint density at radius 3 is 2.50 bits per heavy atom. The van der Waals surface area contributed by atoms with Gasteiger partial charge in [-0.25, -0.2) is 9.97 Å². The Kier molecular flexibility index (Phi) is 3.10. The van der Waals surface area contributed by atoms with Gasteiger partial charge < -0.3 is 5.32 Å². The van der Waals surface area contributed by atoms with Gasteiger partial charge in [0.1, 0.15) is 5.82 Å². The zero-order valence-corrected chi connectivity index (χ0v) is 9.38. The van der Waals surface area contributed by atoms with Crippen LogP contribution in [0.1, 0.15) is 13.8 Å². The molecule has 0 saturated heterocycles. The number of anilines is 1. The molecule has 2 aromatic heterocycles. The number of nitrogens with zero attached hydrogens (tertiary/aromatic N) is 3. The lowest BCUT2D eigenvalue weighted by Gasteiger charge is -2.09. The van der Waals surface area contributed by atoms with Crippen LogP contribution in [0, 0.1) is 0 Å². The van der Waals surface area contributed by atoms with E-state index in [1.54, 1.807) is 18.6 Å². The maximum Gasteiger partial charge on any atom is 0.161 e. The summed E-state index contributed by atoms with van der Waals surface area (Å²) in [5.41, 5.74) is 0.974. The molecule has 2 aromatic rings. The first-order chi connectivity index (χ1) is 7.75. The number of nitrogens with one attached hydrogen (secondary N) is 1.